The fourth-order valence-electron chi connectivity index (χ4n) is 2.47. The van der Waals surface area contributed by atoms with E-state index in [4.69, 9.17) is 4.74 Å². The van der Waals surface area contributed by atoms with Crippen LogP contribution in [0.5, 0.6) is 5.75 Å². The second-order valence-electron chi connectivity index (χ2n) is 5.49. The lowest BCUT2D eigenvalue weighted by Crippen LogP contribution is -2.07. The van der Waals surface area contributed by atoms with E-state index in [-0.39, 0.29) is 17.6 Å². The summed E-state index contributed by atoms with van der Waals surface area (Å²) in [6.07, 6.45) is 5.08. The van der Waals surface area contributed by atoms with Gasteiger partial charge in [-0.2, -0.15) is 0 Å². The quantitative estimate of drug-likeness (QED) is 0.779. The van der Waals surface area contributed by atoms with Gasteiger partial charge in [0.15, 0.2) is 17.4 Å². The minimum atomic E-state index is -0.380. The number of benzene rings is 1. The number of nitrogens with one attached hydrogen (secondary N) is 1. The fourth-order valence-corrected chi connectivity index (χ4v) is 2.47. The van der Waals surface area contributed by atoms with Gasteiger partial charge in [-0.15, -0.1) is 10.2 Å². The molecule has 0 aliphatic carbocycles. The lowest BCUT2D eigenvalue weighted by molar-refractivity contribution is 0.386. The highest BCUT2D eigenvalue weighted by molar-refractivity contribution is 5.60. The number of methoxy groups -OCH3 is 1. The van der Waals surface area contributed by atoms with Crippen molar-refractivity contribution in [2.45, 2.75) is 13.0 Å². The number of halogens is 1. The van der Waals surface area contributed by atoms with Crippen molar-refractivity contribution in [3.05, 3.63) is 54.4 Å². The summed E-state index contributed by atoms with van der Waals surface area (Å²) in [7, 11) is 3.32. The molecule has 2 aromatic heterocycles. The molecule has 0 aliphatic heterocycles. The zero-order valence-corrected chi connectivity index (χ0v) is 13.7. The molecule has 0 radical (unpaired) electrons. The van der Waals surface area contributed by atoms with Crippen molar-refractivity contribution in [2.75, 3.05) is 12.4 Å². The number of aryl methyl sites for hydroxylation is 1. The summed E-state index contributed by atoms with van der Waals surface area (Å²) in [4.78, 5) is 4.24. The molecule has 0 spiro atoms. The van der Waals surface area contributed by atoms with Crippen molar-refractivity contribution in [2.24, 2.45) is 7.05 Å². The molecule has 1 N–H and O–H groups in total. The SMILES string of the molecule is COc1ccc(C(C)Nc2cncc(-c3nncn3C)c2)cc1F. The van der Waals surface area contributed by atoms with Gasteiger partial charge in [0, 0.05) is 31.0 Å². The lowest BCUT2D eigenvalue weighted by Gasteiger charge is -2.16. The maximum absolute atomic E-state index is 13.9. The van der Waals surface area contributed by atoms with Gasteiger partial charge in [0.25, 0.3) is 0 Å². The summed E-state index contributed by atoms with van der Waals surface area (Å²) >= 11 is 0. The van der Waals surface area contributed by atoms with E-state index in [1.807, 2.05) is 30.7 Å². The minimum absolute atomic E-state index is 0.0954. The molecule has 124 valence electrons. The number of pyridine rings is 1. The number of rotatable bonds is 5. The van der Waals surface area contributed by atoms with Crippen molar-refractivity contribution < 1.29 is 9.13 Å². The van der Waals surface area contributed by atoms with Gasteiger partial charge in [-0.25, -0.2) is 4.39 Å². The Balaban J connectivity index is 1.81. The average molecular weight is 327 g/mol. The average Bonchev–Trinajstić information content (AvgIpc) is 3.01. The predicted octanol–water partition coefficient (Wildman–Crippen LogP) is 3.20. The Bertz CT molecular complexity index is 849. The summed E-state index contributed by atoms with van der Waals surface area (Å²) in [5.41, 5.74) is 2.49. The summed E-state index contributed by atoms with van der Waals surface area (Å²) in [5, 5.41) is 11.3. The summed E-state index contributed by atoms with van der Waals surface area (Å²) in [6.45, 7) is 1.95. The Labute approximate surface area is 139 Å². The van der Waals surface area contributed by atoms with E-state index in [2.05, 4.69) is 20.5 Å². The fraction of sp³-hybridized carbons (Fsp3) is 0.235. The summed E-state index contributed by atoms with van der Waals surface area (Å²) < 4.78 is 20.6. The number of nitrogens with zero attached hydrogens (tertiary/aromatic N) is 4. The van der Waals surface area contributed by atoms with Crippen LogP contribution in [0.1, 0.15) is 18.5 Å². The molecule has 3 rings (SSSR count). The largest absolute Gasteiger partial charge is 0.494 e. The van der Waals surface area contributed by atoms with Crippen LogP contribution in [-0.4, -0.2) is 26.9 Å². The number of anilines is 1. The van der Waals surface area contributed by atoms with Crippen LogP contribution in [0.3, 0.4) is 0 Å². The van der Waals surface area contributed by atoms with Gasteiger partial charge in [-0.3, -0.25) is 4.98 Å². The lowest BCUT2D eigenvalue weighted by atomic mass is 10.1. The zero-order valence-electron chi connectivity index (χ0n) is 13.7. The van der Waals surface area contributed by atoms with E-state index in [1.165, 1.54) is 13.2 Å². The molecule has 6 nitrogen and oxygen atoms in total. The Morgan fingerprint density at radius 3 is 2.75 bits per heavy atom. The Morgan fingerprint density at radius 2 is 2.08 bits per heavy atom. The first-order valence-corrected chi connectivity index (χ1v) is 7.48. The van der Waals surface area contributed by atoms with E-state index in [0.717, 1.165) is 22.6 Å². The van der Waals surface area contributed by atoms with E-state index >= 15 is 0 Å². The predicted molar refractivity (Wildman–Crippen MR) is 89.2 cm³/mol. The van der Waals surface area contributed by atoms with Crippen LogP contribution in [0, 0.1) is 5.82 Å². The van der Waals surface area contributed by atoms with Crippen LogP contribution in [0.15, 0.2) is 43.0 Å². The molecular formula is C17H18FN5O. The summed E-state index contributed by atoms with van der Waals surface area (Å²) in [6, 6.07) is 6.77. The second-order valence-corrected chi connectivity index (χ2v) is 5.49. The molecule has 0 bridgehead atoms. The van der Waals surface area contributed by atoms with Gasteiger partial charge in [0.2, 0.25) is 0 Å². The van der Waals surface area contributed by atoms with Crippen LogP contribution < -0.4 is 10.1 Å². The first-order chi connectivity index (χ1) is 11.6. The third kappa shape index (κ3) is 3.19. The van der Waals surface area contributed by atoms with Gasteiger partial charge >= 0.3 is 0 Å². The molecule has 2 heterocycles. The van der Waals surface area contributed by atoms with Crippen molar-refractivity contribution in [3.8, 4) is 17.1 Å². The first-order valence-electron chi connectivity index (χ1n) is 7.48. The molecule has 0 saturated carbocycles. The zero-order chi connectivity index (χ0) is 17.1. The molecule has 7 heteroatoms. The van der Waals surface area contributed by atoms with Crippen LogP contribution in [0.4, 0.5) is 10.1 Å². The van der Waals surface area contributed by atoms with E-state index < -0.39 is 0 Å². The van der Waals surface area contributed by atoms with Crippen molar-refractivity contribution in [1.29, 1.82) is 0 Å². The maximum atomic E-state index is 13.9. The Hall–Kier alpha value is -2.96. The molecule has 1 atom stereocenters. The second kappa shape index (κ2) is 6.66. The highest BCUT2D eigenvalue weighted by Crippen LogP contribution is 2.25. The minimum Gasteiger partial charge on any atom is -0.494 e. The molecule has 24 heavy (non-hydrogen) atoms. The molecule has 0 aliphatic rings. The highest BCUT2D eigenvalue weighted by Gasteiger charge is 2.11. The molecule has 3 aromatic rings. The standard InChI is InChI=1S/C17H18FN5O/c1-11(12-4-5-16(24-3)15(18)7-12)21-14-6-13(8-19-9-14)17-22-20-10-23(17)2/h4-11,21H,1-3H3. The van der Waals surface area contributed by atoms with Gasteiger partial charge in [-0.1, -0.05) is 6.07 Å². The third-order valence-electron chi connectivity index (χ3n) is 3.77. The van der Waals surface area contributed by atoms with Gasteiger partial charge in [-0.05, 0) is 30.7 Å². The summed E-state index contributed by atoms with van der Waals surface area (Å²) in [5.74, 6) is 0.584. The van der Waals surface area contributed by atoms with Crippen molar-refractivity contribution in [1.82, 2.24) is 19.7 Å². The smallest absolute Gasteiger partial charge is 0.165 e. The van der Waals surface area contributed by atoms with E-state index in [1.54, 1.807) is 24.8 Å². The number of hydrogen-bond acceptors (Lipinski definition) is 5. The van der Waals surface area contributed by atoms with Crippen LogP contribution in [-0.2, 0) is 7.05 Å². The third-order valence-corrected chi connectivity index (χ3v) is 3.77. The van der Waals surface area contributed by atoms with Gasteiger partial charge in [0.1, 0.15) is 6.33 Å². The maximum Gasteiger partial charge on any atom is 0.165 e. The molecule has 0 amide bonds. The van der Waals surface area contributed by atoms with Crippen LogP contribution in [0.25, 0.3) is 11.4 Å². The first kappa shape index (κ1) is 15.9. The molecule has 1 unspecified atom stereocenters. The molecule has 0 saturated heterocycles. The number of ether oxygens (including phenoxy) is 1. The monoisotopic (exact) mass is 327 g/mol. The van der Waals surface area contributed by atoms with E-state index in [0.29, 0.717) is 0 Å². The van der Waals surface area contributed by atoms with Gasteiger partial charge < -0.3 is 14.6 Å². The number of aromatic nitrogens is 4. The van der Waals surface area contributed by atoms with Crippen LogP contribution >= 0.6 is 0 Å². The Kier molecular flexibility index (Phi) is 4.41. The van der Waals surface area contributed by atoms with Gasteiger partial charge in [0.05, 0.1) is 12.8 Å². The highest BCUT2D eigenvalue weighted by atomic mass is 19.1. The number of hydrogen-bond donors (Lipinski definition) is 1. The van der Waals surface area contributed by atoms with Crippen molar-refractivity contribution in [3.63, 3.8) is 0 Å². The normalized spacial score (nSPS) is 12.0. The van der Waals surface area contributed by atoms with Crippen molar-refractivity contribution >= 4 is 5.69 Å². The van der Waals surface area contributed by atoms with Crippen LogP contribution in [0.2, 0.25) is 0 Å². The Morgan fingerprint density at radius 1 is 1.25 bits per heavy atom. The van der Waals surface area contributed by atoms with E-state index in [9.17, 15) is 4.39 Å². The molecule has 1 aromatic carbocycles. The topological polar surface area (TPSA) is 64.9 Å². The molecule has 0 fully saturated rings. The molecular weight excluding hydrogens is 309 g/mol.